The first kappa shape index (κ1) is 11.0. The molecule has 0 amide bonds. The lowest BCUT2D eigenvalue weighted by molar-refractivity contribution is 0.257. The summed E-state index contributed by atoms with van der Waals surface area (Å²) in [5.74, 6) is 1.01. The van der Waals surface area contributed by atoms with E-state index < -0.39 is 0 Å². The molecule has 1 aromatic carbocycles. The quantitative estimate of drug-likeness (QED) is 0.724. The van der Waals surface area contributed by atoms with Gasteiger partial charge in [-0.05, 0) is 26.1 Å². The number of nitrogens with zero attached hydrogens (tertiary/aromatic N) is 1. The molecule has 1 unspecified atom stereocenters. The molecule has 2 rings (SSSR count). The Hall–Kier alpha value is -1.54. The van der Waals surface area contributed by atoms with Crippen LogP contribution in [0.2, 0.25) is 0 Å². The smallest absolute Gasteiger partial charge is 0.134 e. The monoisotopic (exact) mass is 215 g/mol. The lowest BCUT2D eigenvalue weighted by Gasteiger charge is -2.20. The van der Waals surface area contributed by atoms with Crippen LogP contribution < -0.4 is 0 Å². The van der Waals surface area contributed by atoms with E-state index in [9.17, 15) is 0 Å². The summed E-state index contributed by atoms with van der Waals surface area (Å²) in [5.41, 5.74) is 0.955. The van der Waals surface area contributed by atoms with Crippen molar-refractivity contribution in [2.45, 2.75) is 13.0 Å². The molecule has 0 aliphatic carbocycles. The van der Waals surface area contributed by atoms with Gasteiger partial charge >= 0.3 is 0 Å². The van der Waals surface area contributed by atoms with E-state index in [2.05, 4.69) is 37.6 Å². The van der Waals surface area contributed by atoms with Crippen LogP contribution in [0.3, 0.4) is 0 Å². The fourth-order valence-corrected chi connectivity index (χ4v) is 1.79. The first-order valence-corrected chi connectivity index (χ1v) is 5.52. The van der Waals surface area contributed by atoms with Gasteiger partial charge in [0.05, 0.1) is 6.04 Å². The predicted octanol–water partition coefficient (Wildman–Crippen LogP) is 3.61. The summed E-state index contributed by atoms with van der Waals surface area (Å²) in [6.45, 7) is 6.75. The zero-order chi connectivity index (χ0) is 11.5. The lowest BCUT2D eigenvalue weighted by Crippen LogP contribution is -2.21. The molecule has 0 aliphatic heterocycles. The van der Waals surface area contributed by atoms with Crippen molar-refractivity contribution >= 4 is 11.0 Å². The van der Waals surface area contributed by atoms with Crippen LogP contribution in [0.1, 0.15) is 18.7 Å². The van der Waals surface area contributed by atoms with Crippen LogP contribution in [0.4, 0.5) is 0 Å². The first-order chi connectivity index (χ1) is 7.72. The van der Waals surface area contributed by atoms with E-state index in [4.69, 9.17) is 4.42 Å². The number of fused-ring (bicyclic) bond motifs is 1. The van der Waals surface area contributed by atoms with E-state index in [1.807, 2.05) is 24.3 Å². The molecule has 0 saturated carbocycles. The molecule has 0 aliphatic rings. The maximum absolute atomic E-state index is 5.82. The Kier molecular flexibility index (Phi) is 3.11. The normalized spacial score (nSPS) is 13.2. The summed E-state index contributed by atoms with van der Waals surface area (Å²) in [4.78, 5) is 2.20. The molecule has 1 aromatic heterocycles. The van der Waals surface area contributed by atoms with Gasteiger partial charge in [0.15, 0.2) is 0 Å². The summed E-state index contributed by atoms with van der Waals surface area (Å²) < 4.78 is 5.82. The second-order valence-corrected chi connectivity index (χ2v) is 4.09. The average Bonchev–Trinajstić information content (AvgIpc) is 2.71. The second-order valence-electron chi connectivity index (χ2n) is 4.09. The number of likely N-dealkylation sites (N-methyl/N-ethyl adjacent to an activating group) is 1. The average molecular weight is 215 g/mol. The summed E-state index contributed by atoms with van der Waals surface area (Å²) in [5, 5.41) is 1.16. The topological polar surface area (TPSA) is 16.4 Å². The Labute approximate surface area is 96.2 Å². The van der Waals surface area contributed by atoms with Crippen LogP contribution in [-0.2, 0) is 0 Å². The summed E-state index contributed by atoms with van der Waals surface area (Å²) >= 11 is 0. The Morgan fingerprint density at radius 2 is 2.19 bits per heavy atom. The molecule has 1 heterocycles. The maximum atomic E-state index is 5.82. The number of hydrogen-bond donors (Lipinski definition) is 0. The minimum Gasteiger partial charge on any atom is -0.459 e. The van der Waals surface area contributed by atoms with Gasteiger partial charge in [-0.25, -0.2) is 0 Å². The van der Waals surface area contributed by atoms with Gasteiger partial charge in [-0.1, -0.05) is 24.3 Å². The third-order valence-corrected chi connectivity index (χ3v) is 2.93. The van der Waals surface area contributed by atoms with Gasteiger partial charge in [-0.2, -0.15) is 0 Å². The highest BCUT2D eigenvalue weighted by Crippen LogP contribution is 2.26. The van der Waals surface area contributed by atoms with E-state index in [0.717, 1.165) is 23.3 Å². The van der Waals surface area contributed by atoms with E-state index in [0.29, 0.717) is 0 Å². The SMILES string of the molecule is C=CCN(C)C(C)c1cc2ccccc2o1. The molecule has 2 aromatic rings. The Bertz CT molecular complexity index is 453. The maximum Gasteiger partial charge on any atom is 0.134 e. The van der Waals surface area contributed by atoms with Gasteiger partial charge in [0.2, 0.25) is 0 Å². The third kappa shape index (κ3) is 2.02. The second kappa shape index (κ2) is 4.54. The van der Waals surface area contributed by atoms with Crippen LogP contribution >= 0.6 is 0 Å². The van der Waals surface area contributed by atoms with Crippen molar-refractivity contribution in [3.8, 4) is 0 Å². The molecule has 0 radical (unpaired) electrons. The molecule has 0 N–H and O–H groups in total. The lowest BCUT2D eigenvalue weighted by atomic mass is 10.2. The van der Waals surface area contributed by atoms with Crippen LogP contribution in [0.15, 0.2) is 47.4 Å². The van der Waals surface area contributed by atoms with Gasteiger partial charge in [0, 0.05) is 11.9 Å². The van der Waals surface area contributed by atoms with Gasteiger partial charge in [-0.3, -0.25) is 4.90 Å². The van der Waals surface area contributed by atoms with Crippen molar-refractivity contribution in [2.75, 3.05) is 13.6 Å². The highest BCUT2D eigenvalue weighted by Gasteiger charge is 2.14. The Morgan fingerprint density at radius 1 is 1.44 bits per heavy atom. The zero-order valence-corrected chi connectivity index (χ0v) is 9.81. The van der Waals surface area contributed by atoms with E-state index >= 15 is 0 Å². The summed E-state index contributed by atoms with van der Waals surface area (Å²) in [6.07, 6.45) is 1.90. The molecule has 0 spiro atoms. The van der Waals surface area contributed by atoms with Gasteiger partial charge in [-0.15, -0.1) is 6.58 Å². The molecular weight excluding hydrogens is 198 g/mol. The molecule has 1 atom stereocenters. The van der Waals surface area contributed by atoms with Crippen LogP contribution in [-0.4, -0.2) is 18.5 Å². The predicted molar refractivity (Wildman–Crippen MR) is 67.5 cm³/mol. The van der Waals surface area contributed by atoms with Crippen molar-refractivity contribution in [1.29, 1.82) is 0 Å². The Balaban J connectivity index is 2.29. The highest BCUT2D eigenvalue weighted by atomic mass is 16.3. The molecule has 2 heteroatoms. The Morgan fingerprint density at radius 3 is 2.88 bits per heavy atom. The standard InChI is InChI=1S/C14H17NO/c1-4-9-15(3)11(2)14-10-12-7-5-6-8-13(12)16-14/h4-8,10-11H,1,9H2,2-3H3. The molecular formula is C14H17NO. The molecule has 16 heavy (non-hydrogen) atoms. The van der Waals surface area contributed by atoms with Crippen molar-refractivity contribution < 1.29 is 4.42 Å². The fraction of sp³-hybridized carbons (Fsp3) is 0.286. The minimum atomic E-state index is 0.269. The summed E-state index contributed by atoms with van der Waals surface area (Å²) in [6, 6.07) is 10.5. The molecule has 0 fully saturated rings. The van der Waals surface area contributed by atoms with E-state index in [1.165, 1.54) is 0 Å². The van der Waals surface area contributed by atoms with Crippen LogP contribution in [0.5, 0.6) is 0 Å². The van der Waals surface area contributed by atoms with Crippen molar-refractivity contribution in [3.63, 3.8) is 0 Å². The van der Waals surface area contributed by atoms with Crippen molar-refractivity contribution in [1.82, 2.24) is 4.90 Å². The highest BCUT2D eigenvalue weighted by molar-refractivity contribution is 5.77. The van der Waals surface area contributed by atoms with Gasteiger partial charge < -0.3 is 4.42 Å². The number of rotatable bonds is 4. The first-order valence-electron chi connectivity index (χ1n) is 5.52. The molecule has 0 saturated heterocycles. The molecule has 0 bridgehead atoms. The van der Waals surface area contributed by atoms with Gasteiger partial charge in [0.25, 0.3) is 0 Å². The number of hydrogen-bond acceptors (Lipinski definition) is 2. The number of para-hydroxylation sites is 1. The largest absolute Gasteiger partial charge is 0.459 e. The zero-order valence-electron chi connectivity index (χ0n) is 9.81. The minimum absolute atomic E-state index is 0.269. The number of furan rings is 1. The van der Waals surface area contributed by atoms with Crippen molar-refractivity contribution in [2.24, 2.45) is 0 Å². The van der Waals surface area contributed by atoms with E-state index in [-0.39, 0.29) is 6.04 Å². The van der Waals surface area contributed by atoms with Crippen LogP contribution in [0.25, 0.3) is 11.0 Å². The van der Waals surface area contributed by atoms with E-state index in [1.54, 1.807) is 0 Å². The third-order valence-electron chi connectivity index (χ3n) is 2.93. The summed E-state index contributed by atoms with van der Waals surface area (Å²) in [7, 11) is 2.07. The van der Waals surface area contributed by atoms with Gasteiger partial charge in [0.1, 0.15) is 11.3 Å². The fourth-order valence-electron chi connectivity index (χ4n) is 1.79. The van der Waals surface area contributed by atoms with Crippen LogP contribution in [0, 0.1) is 0 Å². The molecule has 84 valence electrons. The van der Waals surface area contributed by atoms with Crippen molar-refractivity contribution in [3.05, 3.63) is 48.7 Å². The molecule has 2 nitrogen and oxygen atoms in total. The number of benzene rings is 1.